The van der Waals surface area contributed by atoms with E-state index >= 15 is 0 Å². The summed E-state index contributed by atoms with van der Waals surface area (Å²) in [5.74, 6) is -0.0329. The number of methoxy groups -OCH3 is 2. The topological polar surface area (TPSA) is 134 Å². The van der Waals surface area contributed by atoms with Crippen LogP contribution in [0.5, 0.6) is 0 Å². The molecule has 3 N–H and O–H groups in total. The van der Waals surface area contributed by atoms with Gasteiger partial charge in [0.2, 0.25) is 0 Å². The average Bonchev–Trinajstić information content (AvgIpc) is 2.94. The first kappa shape index (κ1) is 27.7. The van der Waals surface area contributed by atoms with E-state index in [2.05, 4.69) is 14.8 Å². The third-order valence-corrected chi connectivity index (χ3v) is 6.27. The number of halogens is 3. The first-order valence-electron chi connectivity index (χ1n) is 11.5. The number of ether oxygens (including phenoxy) is 5. The van der Waals surface area contributed by atoms with Gasteiger partial charge in [-0.15, -0.1) is 0 Å². The summed E-state index contributed by atoms with van der Waals surface area (Å²) < 4.78 is 69.3. The van der Waals surface area contributed by atoms with Gasteiger partial charge in [-0.1, -0.05) is 30.3 Å². The molecule has 0 saturated carbocycles. The number of nitrogens with zero attached hydrogens (tertiary/aromatic N) is 2. The molecule has 7 atom stereocenters. The van der Waals surface area contributed by atoms with Crippen LogP contribution >= 0.6 is 0 Å². The second-order valence-electron chi connectivity index (χ2n) is 8.52. The van der Waals surface area contributed by atoms with E-state index in [9.17, 15) is 23.1 Å². The predicted octanol–water partition coefficient (Wildman–Crippen LogP) is 1.64. The summed E-state index contributed by atoms with van der Waals surface area (Å²) in [6.45, 7) is 0.0172. The van der Waals surface area contributed by atoms with Gasteiger partial charge in [0.05, 0.1) is 13.7 Å². The molecule has 10 nitrogen and oxygen atoms in total. The SMILES string of the molecule is COC(=O)[C@@H](O)C1OC2COC(c3ccccc3)O[C@@H]2C(N=CC(=NN)c2cc(F)c(F)c(F)c2)C1OC. The Bertz CT molecular complexity index is 1180. The molecule has 0 radical (unpaired) electrons. The number of hydrogen-bond donors (Lipinski definition) is 2. The molecule has 0 aliphatic carbocycles. The summed E-state index contributed by atoms with van der Waals surface area (Å²) in [4.78, 5) is 16.6. The predicted molar refractivity (Wildman–Crippen MR) is 127 cm³/mol. The van der Waals surface area contributed by atoms with Crippen LogP contribution in [0.25, 0.3) is 0 Å². The lowest BCUT2D eigenvalue weighted by Gasteiger charge is -2.48. The fourth-order valence-electron chi connectivity index (χ4n) is 4.40. The molecule has 2 heterocycles. The molecule has 38 heavy (non-hydrogen) atoms. The molecule has 2 aromatic rings. The number of hydrogen-bond acceptors (Lipinski definition) is 10. The van der Waals surface area contributed by atoms with Gasteiger partial charge < -0.3 is 34.6 Å². The highest BCUT2D eigenvalue weighted by atomic mass is 19.2. The van der Waals surface area contributed by atoms with Gasteiger partial charge in [0.15, 0.2) is 29.8 Å². The Morgan fingerprint density at radius 2 is 1.84 bits per heavy atom. The van der Waals surface area contributed by atoms with Gasteiger partial charge in [0, 0.05) is 24.5 Å². The smallest absolute Gasteiger partial charge is 0.337 e. The standard InChI is InChI=1S/C25H26F3N3O7/c1-34-22-19(30-10-16(31-29)13-8-14(26)18(28)15(27)9-13)21-17(37-23(22)20(32)24(33)35-2)11-36-25(38-21)12-6-4-3-5-7-12/h3-10,17,19-23,25,32H,11,29H2,1-2H3/t17?,19?,20-,21-,22?,23?,25?/m0/s1. The number of carbonyl (C=O) groups is 1. The first-order chi connectivity index (χ1) is 18.3. The summed E-state index contributed by atoms with van der Waals surface area (Å²) in [5.41, 5.74) is 0.365. The summed E-state index contributed by atoms with van der Waals surface area (Å²) in [6.07, 6.45) is -5.33. The van der Waals surface area contributed by atoms with Gasteiger partial charge in [0.25, 0.3) is 0 Å². The Hall–Kier alpha value is -3.36. The lowest BCUT2D eigenvalue weighted by molar-refractivity contribution is -0.315. The Morgan fingerprint density at radius 1 is 1.16 bits per heavy atom. The minimum Gasteiger partial charge on any atom is -0.467 e. The molecule has 0 aromatic heterocycles. The fourth-order valence-corrected chi connectivity index (χ4v) is 4.40. The zero-order chi connectivity index (χ0) is 27.4. The quantitative estimate of drug-likeness (QED) is 0.179. The van der Waals surface area contributed by atoms with E-state index in [1.165, 1.54) is 7.11 Å². The maximum atomic E-state index is 13.8. The molecule has 5 unspecified atom stereocenters. The number of aliphatic hydroxyl groups excluding tert-OH is 1. The molecular formula is C25H26F3N3O7. The summed E-state index contributed by atoms with van der Waals surface area (Å²) >= 11 is 0. The number of hydrazone groups is 1. The van der Waals surface area contributed by atoms with Crippen LogP contribution in [0.15, 0.2) is 52.6 Å². The van der Waals surface area contributed by atoms with Gasteiger partial charge in [0.1, 0.15) is 36.2 Å². The van der Waals surface area contributed by atoms with Crippen molar-refractivity contribution < 1.29 is 46.8 Å². The number of aliphatic hydroxyl groups is 1. The molecule has 2 aliphatic rings. The number of aliphatic imine (C=N–C) groups is 1. The van der Waals surface area contributed by atoms with Crippen molar-refractivity contribution in [2.24, 2.45) is 15.9 Å². The van der Waals surface area contributed by atoms with Crippen LogP contribution in [0.3, 0.4) is 0 Å². The van der Waals surface area contributed by atoms with E-state index in [1.54, 1.807) is 12.1 Å². The Morgan fingerprint density at radius 3 is 2.45 bits per heavy atom. The van der Waals surface area contributed by atoms with Gasteiger partial charge in [-0.3, -0.25) is 4.99 Å². The van der Waals surface area contributed by atoms with Crippen LogP contribution in [0, 0.1) is 17.5 Å². The normalized spacial score (nSPS) is 28.6. The summed E-state index contributed by atoms with van der Waals surface area (Å²) in [6, 6.07) is 9.56. The summed E-state index contributed by atoms with van der Waals surface area (Å²) in [5, 5.41) is 14.1. The maximum absolute atomic E-state index is 13.8. The molecule has 0 amide bonds. The van der Waals surface area contributed by atoms with Crippen LogP contribution in [0.4, 0.5) is 13.2 Å². The Labute approximate surface area is 215 Å². The number of rotatable bonds is 7. The molecule has 0 bridgehead atoms. The van der Waals surface area contributed by atoms with Gasteiger partial charge in [-0.2, -0.15) is 5.10 Å². The van der Waals surface area contributed by atoms with E-state index < -0.39 is 66.3 Å². The van der Waals surface area contributed by atoms with Crippen LogP contribution in [0.2, 0.25) is 0 Å². The highest BCUT2D eigenvalue weighted by molar-refractivity contribution is 6.38. The maximum Gasteiger partial charge on any atom is 0.337 e. The van der Waals surface area contributed by atoms with E-state index in [4.69, 9.17) is 24.8 Å². The largest absolute Gasteiger partial charge is 0.467 e. The number of fused-ring (bicyclic) bond motifs is 1. The first-order valence-corrected chi connectivity index (χ1v) is 11.5. The van der Waals surface area contributed by atoms with Crippen molar-refractivity contribution in [3.05, 3.63) is 71.0 Å². The van der Waals surface area contributed by atoms with Crippen molar-refractivity contribution in [3.63, 3.8) is 0 Å². The number of esters is 1. The van der Waals surface area contributed by atoms with Crippen molar-refractivity contribution in [1.29, 1.82) is 0 Å². The van der Waals surface area contributed by atoms with Crippen molar-refractivity contribution >= 4 is 17.9 Å². The molecular weight excluding hydrogens is 511 g/mol. The monoisotopic (exact) mass is 537 g/mol. The van der Waals surface area contributed by atoms with E-state index in [0.717, 1.165) is 31.0 Å². The molecule has 204 valence electrons. The molecule has 4 rings (SSSR count). The molecule has 2 aliphatic heterocycles. The average molecular weight is 537 g/mol. The van der Waals surface area contributed by atoms with E-state index in [-0.39, 0.29) is 17.9 Å². The molecule has 2 saturated heterocycles. The lowest BCUT2D eigenvalue weighted by atomic mass is 9.89. The molecule has 2 aromatic carbocycles. The minimum atomic E-state index is -1.74. The highest BCUT2D eigenvalue weighted by Crippen LogP contribution is 2.37. The number of nitrogens with two attached hydrogens (primary N) is 1. The van der Waals surface area contributed by atoms with Crippen molar-refractivity contribution in [2.45, 2.75) is 42.9 Å². The van der Waals surface area contributed by atoms with Crippen LogP contribution in [0.1, 0.15) is 17.4 Å². The van der Waals surface area contributed by atoms with Gasteiger partial charge >= 0.3 is 5.97 Å². The lowest BCUT2D eigenvalue weighted by Crippen LogP contribution is -2.65. The van der Waals surface area contributed by atoms with Crippen LogP contribution < -0.4 is 5.84 Å². The van der Waals surface area contributed by atoms with E-state index in [1.807, 2.05) is 18.2 Å². The second kappa shape index (κ2) is 12.0. The van der Waals surface area contributed by atoms with Crippen molar-refractivity contribution in [2.75, 3.05) is 20.8 Å². The molecule has 0 spiro atoms. The third-order valence-electron chi connectivity index (χ3n) is 6.27. The van der Waals surface area contributed by atoms with E-state index in [0.29, 0.717) is 0 Å². The summed E-state index contributed by atoms with van der Waals surface area (Å²) in [7, 11) is 2.43. The fraction of sp³-hybridized carbons (Fsp3) is 0.400. The van der Waals surface area contributed by atoms with Gasteiger partial charge in [-0.25, -0.2) is 18.0 Å². The van der Waals surface area contributed by atoms with Crippen LogP contribution in [-0.4, -0.2) is 80.4 Å². The zero-order valence-electron chi connectivity index (χ0n) is 20.4. The molecule has 2 fully saturated rings. The van der Waals surface area contributed by atoms with Crippen molar-refractivity contribution in [3.8, 4) is 0 Å². The molecule has 13 heteroatoms. The Kier molecular flexibility index (Phi) is 8.74. The highest BCUT2D eigenvalue weighted by Gasteiger charge is 2.53. The Balaban J connectivity index is 1.70. The third kappa shape index (κ3) is 5.56. The van der Waals surface area contributed by atoms with Crippen molar-refractivity contribution in [1.82, 2.24) is 0 Å². The second-order valence-corrected chi connectivity index (χ2v) is 8.52. The number of carbonyl (C=O) groups excluding carboxylic acids is 1. The minimum absolute atomic E-state index is 0.0172. The van der Waals surface area contributed by atoms with Gasteiger partial charge in [-0.05, 0) is 12.1 Å². The zero-order valence-corrected chi connectivity index (χ0v) is 20.4. The van der Waals surface area contributed by atoms with Crippen LogP contribution in [-0.2, 0) is 28.5 Å². The number of benzene rings is 2.